The maximum Gasteiger partial charge on any atom is 0.135 e. The highest BCUT2D eigenvalue weighted by Gasteiger charge is 1.98. The van der Waals surface area contributed by atoms with E-state index in [4.69, 9.17) is 4.74 Å². The lowest BCUT2D eigenvalue weighted by Gasteiger charge is -2.05. The van der Waals surface area contributed by atoms with Gasteiger partial charge < -0.3 is 4.74 Å². The lowest BCUT2D eigenvalue weighted by Crippen LogP contribution is -1.96. The van der Waals surface area contributed by atoms with Crippen molar-refractivity contribution in [2.45, 2.75) is 20.8 Å². The molecule has 0 fully saturated rings. The van der Waals surface area contributed by atoms with Crippen molar-refractivity contribution in [1.82, 2.24) is 0 Å². The second-order valence-electron chi connectivity index (χ2n) is 5.20. The van der Waals surface area contributed by atoms with Gasteiger partial charge in [-0.05, 0) is 51.1 Å². The van der Waals surface area contributed by atoms with Crippen LogP contribution in [0.25, 0.3) is 0 Å². The van der Waals surface area contributed by atoms with Crippen molar-refractivity contribution >= 4 is 0 Å². The molecule has 2 rings (SSSR count). The molecule has 0 saturated carbocycles. The van der Waals surface area contributed by atoms with Crippen LogP contribution in [0.4, 0.5) is 0 Å². The average molecular weight is 276 g/mol. The predicted molar refractivity (Wildman–Crippen MR) is 88.5 cm³/mol. The van der Waals surface area contributed by atoms with Crippen LogP contribution in [0.2, 0.25) is 0 Å². The summed E-state index contributed by atoms with van der Waals surface area (Å²) in [7, 11) is 0. The van der Waals surface area contributed by atoms with E-state index in [1.54, 1.807) is 0 Å². The molecule has 0 aliphatic carbocycles. The fourth-order valence-electron chi connectivity index (χ4n) is 1.77. The molecule has 21 heavy (non-hydrogen) atoms. The zero-order valence-electron chi connectivity index (χ0n) is 12.8. The van der Waals surface area contributed by atoms with E-state index in [1.807, 2.05) is 36.4 Å². The summed E-state index contributed by atoms with van der Waals surface area (Å²) in [6.07, 6.45) is 2.06. The van der Waals surface area contributed by atoms with Crippen molar-refractivity contribution in [3.05, 3.63) is 76.9 Å². The standard InChI is InChI=1S/C20H20O/c1-16(2)14-15-21-20-7-5-4-6-19(20)13-12-18-10-8-17(3)9-11-18/h4-11,14H,15H2,1-3H3. The van der Waals surface area contributed by atoms with Gasteiger partial charge in [-0.2, -0.15) is 0 Å². The molecule has 0 radical (unpaired) electrons. The van der Waals surface area contributed by atoms with Crippen LogP contribution in [0, 0.1) is 18.8 Å². The summed E-state index contributed by atoms with van der Waals surface area (Å²) in [6.45, 7) is 6.77. The predicted octanol–water partition coefficient (Wildman–Crippen LogP) is 4.74. The molecule has 2 aromatic rings. The van der Waals surface area contributed by atoms with Crippen molar-refractivity contribution in [2.24, 2.45) is 0 Å². The molecular formula is C20H20O. The zero-order chi connectivity index (χ0) is 15.1. The smallest absolute Gasteiger partial charge is 0.135 e. The minimum Gasteiger partial charge on any atom is -0.488 e. The summed E-state index contributed by atoms with van der Waals surface area (Å²) in [6, 6.07) is 16.1. The number of para-hydroxylation sites is 1. The van der Waals surface area contributed by atoms with Crippen LogP contribution in [-0.4, -0.2) is 6.61 Å². The molecule has 0 bridgehead atoms. The third-order valence-electron chi connectivity index (χ3n) is 3.01. The number of aryl methyl sites for hydroxylation is 1. The lowest BCUT2D eigenvalue weighted by molar-refractivity contribution is 0.361. The van der Waals surface area contributed by atoms with Crippen molar-refractivity contribution in [3.63, 3.8) is 0 Å². The summed E-state index contributed by atoms with van der Waals surface area (Å²) in [5.74, 6) is 7.20. The molecule has 0 aliphatic heterocycles. The van der Waals surface area contributed by atoms with Crippen molar-refractivity contribution in [3.8, 4) is 17.6 Å². The number of ether oxygens (including phenoxy) is 1. The second kappa shape index (κ2) is 7.36. The van der Waals surface area contributed by atoms with E-state index in [0.29, 0.717) is 6.61 Å². The molecule has 2 aromatic carbocycles. The van der Waals surface area contributed by atoms with Crippen LogP contribution in [0.5, 0.6) is 5.75 Å². The number of allylic oxidation sites excluding steroid dienone is 1. The summed E-state index contributed by atoms with van der Waals surface area (Å²) in [5.41, 5.74) is 4.42. The molecule has 0 atom stereocenters. The largest absolute Gasteiger partial charge is 0.488 e. The van der Waals surface area contributed by atoms with Gasteiger partial charge in [0.1, 0.15) is 12.4 Å². The Hall–Kier alpha value is -2.46. The Bertz CT molecular complexity index is 678. The summed E-state index contributed by atoms with van der Waals surface area (Å²) in [5, 5.41) is 0. The van der Waals surface area contributed by atoms with Gasteiger partial charge in [0.05, 0.1) is 5.56 Å². The van der Waals surface area contributed by atoms with Crippen LogP contribution in [0.15, 0.2) is 60.2 Å². The van der Waals surface area contributed by atoms with E-state index in [1.165, 1.54) is 11.1 Å². The molecule has 1 nitrogen and oxygen atoms in total. The van der Waals surface area contributed by atoms with E-state index in [0.717, 1.165) is 16.9 Å². The monoisotopic (exact) mass is 276 g/mol. The topological polar surface area (TPSA) is 9.23 Å². The highest BCUT2D eigenvalue weighted by atomic mass is 16.5. The Morgan fingerprint density at radius 1 is 1.00 bits per heavy atom. The first-order chi connectivity index (χ1) is 10.1. The first-order valence-electron chi connectivity index (χ1n) is 7.09. The second-order valence-corrected chi connectivity index (χ2v) is 5.20. The van der Waals surface area contributed by atoms with Gasteiger partial charge in [-0.3, -0.25) is 0 Å². The quantitative estimate of drug-likeness (QED) is 0.581. The minimum atomic E-state index is 0.575. The first kappa shape index (κ1) is 14.9. The van der Waals surface area contributed by atoms with Crippen LogP contribution in [-0.2, 0) is 0 Å². The molecule has 0 heterocycles. The lowest BCUT2D eigenvalue weighted by atomic mass is 10.1. The zero-order valence-corrected chi connectivity index (χ0v) is 12.8. The maximum atomic E-state index is 5.78. The van der Waals surface area contributed by atoms with Crippen LogP contribution in [0.1, 0.15) is 30.5 Å². The Balaban J connectivity index is 2.17. The summed E-state index contributed by atoms with van der Waals surface area (Å²) >= 11 is 0. The molecule has 0 N–H and O–H groups in total. The fourth-order valence-corrected chi connectivity index (χ4v) is 1.77. The van der Waals surface area contributed by atoms with E-state index in [2.05, 4.69) is 50.8 Å². The van der Waals surface area contributed by atoms with Crippen LogP contribution in [0.3, 0.4) is 0 Å². The average Bonchev–Trinajstić information content (AvgIpc) is 2.47. The van der Waals surface area contributed by atoms with Gasteiger partial charge in [0.25, 0.3) is 0 Å². The fraction of sp³-hybridized carbons (Fsp3) is 0.200. The Labute approximate surface area is 127 Å². The summed E-state index contributed by atoms with van der Waals surface area (Å²) < 4.78 is 5.78. The Morgan fingerprint density at radius 3 is 2.43 bits per heavy atom. The van der Waals surface area contributed by atoms with Crippen molar-refractivity contribution < 1.29 is 4.74 Å². The third kappa shape index (κ3) is 4.85. The molecule has 0 aliphatic rings. The van der Waals surface area contributed by atoms with Gasteiger partial charge in [-0.1, -0.05) is 47.2 Å². The van der Waals surface area contributed by atoms with E-state index < -0.39 is 0 Å². The van der Waals surface area contributed by atoms with E-state index in [-0.39, 0.29) is 0 Å². The van der Waals surface area contributed by atoms with Gasteiger partial charge in [0, 0.05) is 5.56 Å². The van der Waals surface area contributed by atoms with Gasteiger partial charge in [-0.25, -0.2) is 0 Å². The number of benzene rings is 2. The highest BCUT2D eigenvalue weighted by Crippen LogP contribution is 2.17. The van der Waals surface area contributed by atoms with Gasteiger partial charge in [0.2, 0.25) is 0 Å². The van der Waals surface area contributed by atoms with Crippen molar-refractivity contribution in [2.75, 3.05) is 6.61 Å². The Kier molecular flexibility index (Phi) is 5.23. The molecule has 106 valence electrons. The molecule has 1 heteroatoms. The van der Waals surface area contributed by atoms with Crippen LogP contribution >= 0.6 is 0 Å². The van der Waals surface area contributed by atoms with Crippen molar-refractivity contribution in [1.29, 1.82) is 0 Å². The summed E-state index contributed by atoms with van der Waals surface area (Å²) in [4.78, 5) is 0. The minimum absolute atomic E-state index is 0.575. The molecule has 0 amide bonds. The number of rotatable bonds is 3. The molecule has 0 saturated heterocycles. The van der Waals surface area contributed by atoms with E-state index >= 15 is 0 Å². The maximum absolute atomic E-state index is 5.78. The normalized spacial score (nSPS) is 9.48. The Morgan fingerprint density at radius 2 is 1.71 bits per heavy atom. The molecule has 0 unspecified atom stereocenters. The number of hydrogen-bond acceptors (Lipinski definition) is 1. The van der Waals surface area contributed by atoms with E-state index in [9.17, 15) is 0 Å². The SMILES string of the molecule is CC(C)=CCOc1ccccc1C#Cc1ccc(C)cc1. The number of hydrogen-bond donors (Lipinski definition) is 0. The van der Waals surface area contributed by atoms with Crippen LogP contribution < -0.4 is 4.74 Å². The molecule has 0 aromatic heterocycles. The highest BCUT2D eigenvalue weighted by molar-refractivity contribution is 5.49. The first-order valence-corrected chi connectivity index (χ1v) is 7.09. The molecule has 0 spiro atoms. The van der Waals surface area contributed by atoms with Gasteiger partial charge in [-0.15, -0.1) is 0 Å². The van der Waals surface area contributed by atoms with Gasteiger partial charge >= 0.3 is 0 Å². The third-order valence-corrected chi connectivity index (χ3v) is 3.01. The molecular weight excluding hydrogens is 256 g/mol. The van der Waals surface area contributed by atoms with Gasteiger partial charge in [0.15, 0.2) is 0 Å².